The number of ether oxygens (including phenoxy) is 1. The zero-order valence-corrected chi connectivity index (χ0v) is 14.7. The Hall–Kier alpha value is -2.92. The van der Waals surface area contributed by atoms with Crippen LogP contribution in [0.5, 0.6) is 0 Å². The van der Waals surface area contributed by atoms with Crippen LogP contribution in [0.25, 0.3) is 11.3 Å². The van der Waals surface area contributed by atoms with E-state index in [9.17, 15) is 4.79 Å². The van der Waals surface area contributed by atoms with Crippen molar-refractivity contribution in [3.63, 3.8) is 0 Å². The third-order valence-electron chi connectivity index (χ3n) is 4.66. The van der Waals surface area contributed by atoms with Crippen molar-refractivity contribution in [1.29, 1.82) is 0 Å². The van der Waals surface area contributed by atoms with Crippen molar-refractivity contribution in [1.82, 2.24) is 9.78 Å². The molecule has 3 aromatic rings. The second-order valence-corrected chi connectivity index (χ2v) is 6.55. The van der Waals surface area contributed by atoms with E-state index in [0.717, 1.165) is 28.2 Å². The second-order valence-electron chi connectivity index (χ2n) is 6.55. The predicted molar refractivity (Wildman–Crippen MR) is 101 cm³/mol. The van der Waals surface area contributed by atoms with Crippen LogP contribution in [0.15, 0.2) is 60.7 Å². The lowest BCUT2D eigenvalue weighted by atomic mass is 9.90. The minimum absolute atomic E-state index is 0.00780. The number of anilines is 1. The lowest BCUT2D eigenvalue weighted by Crippen LogP contribution is -2.26. The highest BCUT2D eigenvalue weighted by Gasteiger charge is 2.32. The van der Waals surface area contributed by atoms with Crippen LogP contribution >= 0.6 is 0 Å². The van der Waals surface area contributed by atoms with Gasteiger partial charge < -0.3 is 10.1 Å². The van der Waals surface area contributed by atoms with Gasteiger partial charge in [-0.15, -0.1) is 0 Å². The maximum Gasteiger partial charge on any atom is 0.226 e. The molecule has 0 fully saturated rings. The molecule has 2 aromatic carbocycles. The Labute approximate surface area is 152 Å². The molecule has 5 heteroatoms. The van der Waals surface area contributed by atoms with E-state index in [1.54, 1.807) is 4.68 Å². The van der Waals surface area contributed by atoms with E-state index < -0.39 is 0 Å². The molecule has 1 aromatic heterocycles. The molecule has 132 valence electrons. The maximum absolute atomic E-state index is 12.2. The Morgan fingerprint density at radius 2 is 1.81 bits per heavy atom. The van der Waals surface area contributed by atoms with Crippen molar-refractivity contribution < 1.29 is 9.53 Å². The first-order chi connectivity index (χ1) is 12.7. The zero-order valence-electron chi connectivity index (χ0n) is 14.7. The molecule has 26 heavy (non-hydrogen) atoms. The summed E-state index contributed by atoms with van der Waals surface area (Å²) in [5.41, 5.74) is 4.15. The van der Waals surface area contributed by atoms with Gasteiger partial charge in [0.05, 0.1) is 18.9 Å². The van der Waals surface area contributed by atoms with Crippen LogP contribution in [-0.4, -0.2) is 22.3 Å². The number of fused-ring (bicyclic) bond motifs is 1. The van der Waals surface area contributed by atoms with Crippen molar-refractivity contribution in [2.45, 2.75) is 18.9 Å². The van der Waals surface area contributed by atoms with Crippen LogP contribution < -0.4 is 5.32 Å². The summed E-state index contributed by atoms with van der Waals surface area (Å²) in [6.45, 7) is 1.02. The van der Waals surface area contributed by atoms with Crippen LogP contribution in [0, 0.1) is 0 Å². The number of aromatic nitrogens is 2. The number of carbonyl (C=O) groups excluding carboxylic acids is 1. The summed E-state index contributed by atoms with van der Waals surface area (Å²) < 4.78 is 7.70. The quantitative estimate of drug-likeness (QED) is 0.765. The molecule has 2 heterocycles. The first-order valence-corrected chi connectivity index (χ1v) is 8.76. The number of nitrogens with one attached hydrogen (secondary N) is 1. The SMILES string of the molecule is Cn1nc(-c2ccccc2)c2c1NC(=O)C[C@@H]2COCc1ccccc1. The van der Waals surface area contributed by atoms with Gasteiger partial charge in [-0.25, -0.2) is 0 Å². The Bertz CT molecular complexity index is 904. The molecule has 1 aliphatic rings. The fraction of sp³-hybridized carbons (Fsp3) is 0.238. The molecular formula is C21H21N3O2. The molecular weight excluding hydrogens is 326 g/mol. The van der Waals surface area contributed by atoms with Crippen molar-refractivity contribution in [2.75, 3.05) is 11.9 Å². The van der Waals surface area contributed by atoms with E-state index in [-0.39, 0.29) is 11.8 Å². The van der Waals surface area contributed by atoms with Crippen LogP contribution in [0.4, 0.5) is 5.82 Å². The van der Waals surface area contributed by atoms with Gasteiger partial charge in [-0.3, -0.25) is 9.48 Å². The Morgan fingerprint density at radius 1 is 1.12 bits per heavy atom. The van der Waals surface area contributed by atoms with E-state index in [4.69, 9.17) is 4.74 Å². The largest absolute Gasteiger partial charge is 0.376 e. The number of carbonyl (C=O) groups is 1. The zero-order chi connectivity index (χ0) is 17.9. The minimum atomic E-state index is -0.00799. The number of rotatable bonds is 5. The van der Waals surface area contributed by atoms with Gasteiger partial charge in [0.25, 0.3) is 0 Å². The summed E-state index contributed by atoms with van der Waals surface area (Å²) in [5.74, 6) is 0.771. The Balaban J connectivity index is 1.60. The summed E-state index contributed by atoms with van der Waals surface area (Å²) in [4.78, 5) is 12.2. The smallest absolute Gasteiger partial charge is 0.226 e. The van der Waals surface area contributed by atoms with Gasteiger partial charge in [-0.2, -0.15) is 5.10 Å². The fourth-order valence-electron chi connectivity index (χ4n) is 3.43. The first kappa shape index (κ1) is 16.5. The number of hydrogen-bond acceptors (Lipinski definition) is 3. The predicted octanol–water partition coefficient (Wildman–Crippen LogP) is 3.73. The first-order valence-electron chi connectivity index (χ1n) is 8.76. The minimum Gasteiger partial charge on any atom is -0.376 e. The fourth-order valence-corrected chi connectivity index (χ4v) is 3.43. The third kappa shape index (κ3) is 3.26. The summed E-state index contributed by atoms with van der Waals surface area (Å²) in [6, 6.07) is 20.1. The van der Waals surface area contributed by atoms with Gasteiger partial charge in [-0.1, -0.05) is 60.7 Å². The molecule has 1 N–H and O–H groups in total. The summed E-state index contributed by atoms with van der Waals surface area (Å²) >= 11 is 0. The van der Waals surface area contributed by atoms with E-state index in [0.29, 0.717) is 19.6 Å². The Kier molecular flexibility index (Phi) is 4.54. The molecule has 0 aliphatic carbocycles. The van der Waals surface area contributed by atoms with E-state index in [1.165, 1.54) is 0 Å². The van der Waals surface area contributed by atoms with E-state index >= 15 is 0 Å². The van der Waals surface area contributed by atoms with Crippen molar-refractivity contribution >= 4 is 11.7 Å². The summed E-state index contributed by atoms with van der Waals surface area (Å²) in [6.07, 6.45) is 0.410. The van der Waals surface area contributed by atoms with E-state index in [1.807, 2.05) is 67.7 Å². The van der Waals surface area contributed by atoms with Crippen molar-refractivity contribution in [2.24, 2.45) is 7.05 Å². The molecule has 0 saturated carbocycles. The highest BCUT2D eigenvalue weighted by molar-refractivity contribution is 5.95. The maximum atomic E-state index is 12.2. The molecule has 0 unspecified atom stereocenters. The van der Waals surface area contributed by atoms with Crippen LogP contribution in [0.2, 0.25) is 0 Å². The standard InChI is InChI=1S/C21H21N3O2/c1-24-21-19(20(23-24)16-10-6-3-7-11-16)17(12-18(25)22-21)14-26-13-15-8-4-2-5-9-15/h2-11,17H,12-14H2,1H3,(H,22,25)/t17-/m1/s1. The molecule has 1 atom stereocenters. The average Bonchev–Trinajstić information content (AvgIpc) is 3.00. The number of nitrogens with zero attached hydrogens (tertiary/aromatic N) is 2. The summed E-state index contributed by atoms with van der Waals surface area (Å²) in [7, 11) is 1.86. The van der Waals surface area contributed by atoms with E-state index in [2.05, 4.69) is 10.4 Å². The number of aryl methyl sites for hydroxylation is 1. The summed E-state index contributed by atoms with van der Waals surface area (Å²) in [5, 5.41) is 7.62. The van der Waals surface area contributed by atoms with Gasteiger partial charge in [0.15, 0.2) is 0 Å². The van der Waals surface area contributed by atoms with Crippen LogP contribution in [0.3, 0.4) is 0 Å². The molecule has 1 amide bonds. The lowest BCUT2D eigenvalue weighted by Gasteiger charge is -2.24. The number of amides is 1. The molecule has 1 aliphatic heterocycles. The van der Waals surface area contributed by atoms with Crippen LogP contribution in [-0.2, 0) is 23.2 Å². The lowest BCUT2D eigenvalue weighted by molar-refractivity contribution is -0.117. The van der Waals surface area contributed by atoms with Crippen molar-refractivity contribution in [3.8, 4) is 11.3 Å². The molecule has 0 radical (unpaired) electrons. The van der Waals surface area contributed by atoms with Gasteiger partial charge in [0, 0.05) is 30.5 Å². The highest BCUT2D eigenvalue weighted by Crippen LogP contribution is 2.39. The topological polar surface area (TPSA) is 56.2 Å². The highest BCUT2D eigenvalue weighted by atomic mass is 16.5. The van der Waals surface area contributed by atoms with Gasteiger partial charge in [0.2, 0.25) is 5.91 Å². The van der Waals surface area contributed by atoms with Gasteiger partial charge in [0.1, 0.15) is 5.82 Å². The molecule has 0 bridgehead atoms. The van der Waals surface area contributed by atoms with Gasteiger partial charge >= 0.3 is 0 Å². The molecule has 5 nitrogen and oxygen atoms in total. The average molecular weight is 347 g/mol. The third-order valence-corrected chi connectivity index (χ3v) is 4.66. The van der Waals surface area contributed by atoms with Gasteiger partial charge in [-0.05, 0) is 5.56 Å². The second kappa shape index (κ2) is 7.14. The Morgan fingerprint density at radius 3 is 2.54 bits per heavy atom. The number of hydrogen-bond donors (Lipinski definition) is 1. The van der Waals surface area contributed by atoms with Crippen LogP contribution in [0.1, 0.15) is 23.5 Å². The molecule has 0 saturated heterocycles. The number of benzene rings is 2. The van der Waals surface area contributed by atoms with Crippen molar-refractivity contribution in [3.05, 3.63) is 71.8 Å². The molecule has 4 rings (SSSR count). The monoisotopic (exact) mass is 347 g/mol. The normalized spacial score (nSPS) is 16.2. The molecule has 0 spiro atoms.